The van der Waals surface area contributed by atoms with Crippen molar-refractivity contribution < 1.29 is 19.1 Å². The molecule has 0 unspecified atom stereocenters. The molecule has 30 heavy (non-hydrogen) atoms. The van der Waals surface area contributed by atoms with Gasteiger partial charge in [-0.25, -0.2) is 0 Å². The number of Topliss-reactive ketones (excluding diaryl/α,β-unsaturated/α-hetero) is 1. The quantitative estimate of drug-likeness (QED) is 0.507. The number of ether oxygens (including phenoxy) is 1. The second kappa shape index (κ2) is 9.24. The first kappa shape index (κ1) is 21.8. The molecular formula is C25H29NO4. The van der Waals surface area contributed by atoms with Crippen LogP contribution in [-0.4, -0.2) is 30.3 Å². The molecule has 5 nitrogen and oxygen atoms in total. The van der Waals surface area contributed by atoms with Gasteiger partial charge in [0.15, 0.2) is 6.10 Å². The lowest BCUT2D eigenvalue weighted by Crippen LogP contribution is -2.31. The second-order valence-corrected chi connectivity index (χ2v) is 7.85. The number of nitrogens with zero attached hydrogens (tertiary/aromatic N) is 1. The van der Waals surface area contributed by atoms with Crippen LogP contribution in [0.3, 0.4) is 0 Å². The highest BCUT2D eigenvalue weighted by atomic mass is 16.5. The topological polar surface area (TPSA) is 63.7 Å². The van der Waals surface area contributed by atoms with Gasteiger partial charge in [0.2, 0.25) is 11.7 Å². The summed E-state index contributed by atoms with van der Waals surface area (Å²) in [7, 11) is 0. The minimum atomic E-state index is -0.890. The molecule has 2 aromatic carbocycles. The van der Waals surface area contributed by atoms with Crippen molar-refractivity contribution in [2.75, 3.05) is 11.4 Å². The van der Waals surface area contributed by atoms with Gasteiger partial charge in [0, 0.05) is 24.2 Å². The van der Waals surface area contributed by atoms with Crippen molar-refractivity contribution in [1.29, 1.82) is 0 Å². The lowest BCUT2D eigenvalue weighted by molar-refractivity contribution is -0.151. The molecule has 1 fully saturated rings. The molecule has 0 aromatic heterocycles. The number of esters is 1. The number of hydrogen-bond acceptors (Lipinski definition) is 4. The molecule has 1 amide bonds. The van der Waals surface area contributed by atoms with E-state index in [-0.39, 0.29) is 24.7 Å². The summed E-state index contributed by atoms with van der Waals surface area (Å²) in [4.78, 5) is 39.8. The van der Waals surface area contributed by atoms with Crippen molar-refractivity contribution in [3.8, 4) is 0 Å². The molecule has 5 heteroatoms. The van der Waals surface area contributed by atoms with Crippen LogP contribution in [0.4, 0.5) is 5.69 Å². The van der Waals surface area contributed by atoms with Crippen molar-refractivity contribution in [1.82, 2.24) is 0 Å². The zero-order valence-electron chi connectivity index (χ0n) is 18.1. The van der Waals surface area contributed by atoms with E-state index in [1.807, 2.05) is 37.3 Å². The van der Waals surface area contributed by atoms with Crippen LogP contribution in [0, 0.1) is 12.8 Å². The molecule has 0 spiro atoms. The van der Waals surface area contributed by atoms with Gasteiger partial charge in [0.1, 0.15) is 0 Å². The second-order valence-electron chi connectivity index (χ2n) is 7.85. The van der Waals surface area contributed by atoms with E-state index < -0.39 is 18.0 Å². The van der Waals surface area contributed by atoms with E-state index in [1.165, 1.54) is 0 Å². The molecule has 1 aliphatic heterocycles. The Morgan fingerprint density at radius 1 is 1.07 bits per heavy atom. The van der Waals surface area contributed by atoms with Gasteiger partial charge in [-0.15, -0.1) is 0 Å². The Hall–Kier alpha value is -2.95. The summed E-state index contributed by atoms with van der Waals surface area (Å²) in [5.41, 5.74) is 4.68. The van der Waals surface area contributed by atoms with Crippen LogP contribution in [0.1, 0.15) is 54.2 Å². The Morgan fingerprint density at radius 3 is 2.23 bits per heavy atom. The maximum Gasteiger partial charge on any atom is 0.312 e. The summed E-state index contributed by atoms with van der Waals surface area (Å²) in [5, 5.41) is 0. The standard InChI is InChI=1S/C25H29NO4/c1-5-18-8-7-9-19(6-2)23(18)26-15-21(14-22(26)27)25(29)30-17(4)24(28)20-12-10-16(3)11-13-20/h7-13,17,21H,5-6,14-15H2,1-4H3/t17-,21+/m1/s1. The van der Waals surface area contributed by atoms with E-state index in [0.29, 0.717) is 5.56 Å². The highest BCUT2D eigenvalue weighted by molar-refractivity contribution is 6.02. The van der Waals surface area contributed by atoms with Crippen molar-refractivity contribution in [3.63, 3.8) is 0 Å². The largest absolute Gasteiger partial charge is 0.454 e. The van der Waals surface area contributed by atoms with Crippen LogP contribution >= 0.6 is 0 Å². The first-order valence-electron chi connectivity index (χ1n) is 10.6. The number of carbonyl (C=O) groups excluding carboxylic acids is 3. The molecule has 0 aliphatic carbocycles. The molecule has 0 saturated carbocycles. The molecular weight excluding hydrogens is 378 g/mol. The summed E-state index contributed by atoms with van der Waals surface area (Å²) in [6.07, 6.45) is 0.832. The van der Waals surface area contributed by atoms with Crippen LogP contribution in [0.5, 0.6) is 0 Å². The molecule has 2 aromatic rings. The van der Waals surface area contributed by atoms with Crippen molar-refractivity contribution in [3.05, 3.63) is 64.7 Å². The van der Waals surface area contributed by atoms with Crippen LogP contribution in [0.2, 0.25) is 0 Å². The maximum absolute atomic E-state index is 12.8. The third-order valence-electron chi connectivity index (χ3n) is 5.69. The first-order valence-corrected chi connectivity index (χ1v) is 10.6. The van der Waals surface area contributed by atoms with E-state index >= 15 is 0 Å². The summed E-state index contributed by atoms with van der Waals surface area (Å²) >= 11 is 0. The Balaban J connectivity index is 1.71. The highest BCUT2D eigenvalue weighted by Crippen LogP contribution is 2.33. The number of para-hydroxylation sites is 1. The molecule has 0 N–H and O–H groups in total. The lowest BCUT2D eigenvalue weighted by Gasteiger charge is -2.23. The number of carbonyl (C=O) groups is 3. The van der Waals surface area contributed by atoms with E-state index in [2.05, 4.69) is 13.8 Å². The van der Waals surface area contributed by atoms with Gasteiger partial charge in [-0.2, -0.15) is 0 Å². The fraction of sp³-hybridized carbons (Fsp3) is 0.400. The molecule has 3 rings (SSSR count). The fourth-order valence-electron chi connectivity index (χ4n) is 3.92. The Kier molecular flexibility index (Phi) is 6.70. The molecule has 158 valence electrons. The maximum atomic E-state index is 12.8. The monoisotopic (exact) mass is 407 g/mol. The SMILES string of the molecule is CCc1cccc(CC)c1N1C[C@@H](C(=O)O[C@H](C)C(=O)c2ccc(C)cc2)CC1=O. The first-order chi connectivity index (χ1) is 14.3. The molecule has 0 bridgehead atoms. The number of rotatable bonds is 7. The van der Waals surface area contributed by atoms with E-state index in [9.17, 15) is 14.4 Å². The van der Waals surface area contributed by atoms with E-state index in [1.54, 1.807) is 24.0 Å². The molecule has 1 heterocycles. The number of anilines is 1. The van der Waals surface area contributed by atoms with Crippen molar-refractivity contribution in [2.24, 2.45) is 5.92 Å². The minimum Gasteiger partial charge on any atom is -0.454 e. The Morgan fingerprint density at radius 2 is 1.67 bits per heavy atom. The molecule has 0 radical (unpaired) electrons. The minimum absolute atomic E-state index is 0.0786. The lowest BCUT2D eigenvalue weighted by atomic mass is 10.0. The molecule has 2 atom stereocenters. The smallest absolute Gasteiger partial charge is 0.312 e. The van der Waals surface area contributed by atoms with Gasteiger partial charge < -0.3 is 9.64 Å². The number of benzene rings is 2. The summed E-state index contributed by atoms with van der Waals surface area (Å²) in [5.74, 6) is -1.38. The number of aryl methyl sites for hydroxylation is 3. The average Bonchev–Trinajstić information content (AvgIpc) is 3.14. The van der Waals surface area contributed by atoms with Crippen LogP contribution in [0.25, 0.3) is 0 Å². The Bertz CT molecular complexity index is 926. The fourth-order valence-corrected chi connectivity index (χ4v) is 3.92. The third kappa shape index (κ3) is 4.45. The zero-order valence-corrected chi connectivity index (χ0v) is 18.1. The van der Waals surface area contributed by atoms with Crippen LogP contribution in [0.15, 0.2) is 42.5 Å². The molecule has 1 saturated heterocycles. The normalized spacial score (nSPS) is 17.1. The predicted molar refractivity (Wildman–Crippen MR) is 117 cm³/mol. The Labute approximate surface area is 178 Å². The summed E-state index contributed by atoms with van der Waals surface area (Å²) < 4.78 is 5.46. The van der Waals surface area contributed by atoms with Crippen molar-refractivity contribution in [2.45, 2.75) is 53.1 Å². The van der Waals surface area contributed by atoms with Crippen molar-refractivity contribution >= 4 is 23.3 Å². The van der Waals surface area contributed by atoms with Gasteiger partial charge in [0.05, 0.1) is 5.92 Å². The summed E-state index contributed by atoms with van der Waals surface area (Å²) in [6.45, 7) is 7.93. The van der Waals surface area contributed by atoms with Gasteiger partial charge in [0.25, 0.3) is 0 Å². The van der Waals surface area contributed by atoms with E-state index in [4.69, 9.17) is 4.74 Å². The molecule has 1 aliphatic rings. The van der Waals surface area contributed by atoms with Crippen LogP contribution in [-0.2, 0) is 27.2 Å². The van der Waals surface area contributed by atoms with Gasteiger partial charge in [-0.1, -0.05) is 61.9 Å². The number of amides is 1. The van der Waals surface area contributed by atoms with E-state index in [0.717, 1.165) is 35.2 Å². The van der Waals surface area contributed by atoms with Gasteiger partial charge in [-0.3, -0.25) is 14.4 Å². The predicted octanol–water partition coefficient (Wildman–Crippen LogP) is 4.29. The zero-order chi connectivity index (χ0) is 21.8. The van der Waals surface area contributed by atoms with Gasteiger partial charge >= 0.3 is 5.97 Å². The third-order valence-corrected chi connectivity index (χ3v) is 5.69. The number of ketones is 1. The summed E-state index contributed by atoms with van der Waals surface area (Å²) in [6, 6.07) is 13.2. The highest BCUT2D eigenvalue weighted by Gasteiger charge is 2.38. The van der Waals surface area contributed by atoms with Gasteiger partial charge in [-0.05, 0) is 37.8 Å². The van der Waals surface area contributed by atoms with Crippen LogP contribution < -0.4 is 4.90 Å². The average molecular weight is 408 g/mol. The number of hydrogen-bond donors (Lipinski definition) is 0.